The van der Waals surface area contributed by atoms with Gasteiger partial charge in [0, 0.05) is 17.8 Å². The average Bonchev–Trinajstić information content (AvgIpc) is 2.81. The largest absolute Gasteiger partial charge is 0.415 e. The number of nitrogen functional groups attached to an aromatic ring is 1. The van der Waals surface area contributed by atoms with E-state index in [1.807, 2.05) is 31.2 Å². The minimum Gasteiger partial charge on any atom is -0.413 e. The summed E-state index contributed by atoms with van der Waals surface area (Å²) in [5, 5.41) is 16.6. The van der Waals surface area contributed by atoms with Gasteiger partial charge in [-0.15, -0.1) is 20.4 Å². The van der Waals surface area contributed by atoms with Crippen LogP contribution in [0.3, 0.4) is 0 Å². The molecule has 0 spiro atoms. The Labute approximate surface area is 207 Å². The summed E-state index contributed by atoms with van der Waals surface area (Å²) in [6.07, 6.45) is -0.499. The Balaban J connectivity index is 1.57. The third-order valence-corrected chi connectivity index (χ3v) is 10.7. The van der Waals surface area contributed by atoms with E-state index in [1.54, 1.807) is 24.3 Å². The zero-order chi connectivity index (χ0) is 25.6. The van der Waals surface area contributed by atoms with Crippen molar-refractivity contribution in [3.8, 4) is 17.1 Å². The van der Waals surface area contributed by atoms with Crippen molar-refractivity contribution in [1.82, 2.24) is 25.3 Å². The fourth-order valence-corrected chi connectivity index (χ4v) is 3.84. The summed E-state index contributed by atoms with van der Waals surface area (Å²) < 4.78 is 11.8. The van der Waals surface area contributed by atoms with Crippen LogP contribution in [0.25, 0.3) is 11.4 Å². The average molecular weight is 495 g/mol. The van der Waals surface area contributed by atoms with Crippen LogP contribution in [0.1, 0.15) is 39.1 Å². The molecule has 0 atom stereocenters. The Morgan fingerprint density at radius 1 is 1.03 bits per heavy atom. The molecule has 9 nitrogen and oxygen atoms in total. The molecule has 0 aliphatic carbocycles. The predicted molar refractivity (Wildman–Crippen MR) is 138 cm³/mol. The molecule has 35 heavy (non-hydrogen) atoms. The van der Waals surface area contributed by atoms with Crippen LogP contribution in [0, 0.1) is 0 Å². The van der Waals surface area contributed by atoms with Crippen LogP contribution in [0.15, 0.2) is 48.5 Å². The zero-order valence-corrected chi connectivity index (χ0v) is 22.3. The van der Waals surface area contributed by atoms with E-state index < -0.39 is 14.4 Å². The van der Waals surface area contributed by atoms with Crippen LogP contribution in [-0.4, -0.2) is 46.3 Å². The van der Waals surface area contributed by atoms with Crippen molar-refractivity contribution < 1.29 is 14.0 Å². The smallest absolute Gasteiger partial charge is 0.413 e. The summed E-state index contributed by atoms with van der Waals surface area (Å²) in [4.78, 5) is 14.2. The minimum atomic E-state index is -1.83. The van der Waals surface area contributed by atoms with Crippen LogP contribution in [-0.2, 0) is 17.6 Å². The Kier molecular flexibility index (Phi) is 8.18. The van der Waals surface area contributed by atoms with Crippen LogP contribution in [0.4, 0.5) is 10.5 Å². The van der Waals surface area contributed by atoms with E-state index in [9.17, 15) is 4.79 Å². The van der Waals surface area contributed by atoms with E-state index in [0.717, 1.165) is 11.1 Å². The third kappa shape index (κ3) is 7.06. The maximum atomic E-state index is 12.7. The maximum absolute atomic E-state index is 12.7. The van der Waals surface area contributed by atoms with Crippen LogP contribution in [0.2, 0.25) is 18.1 Å². The second-order valence-corrected chi connectivity index (χ2v) is 14.6. The van der Waals surface area contributed by atoms with Gasteiger partial charge in [-0.3, -0.25) is 0 Å². The highest BCUT2D eigenvalue weighted by molar-refractivity contribution is 6.74. The molecular weight excluding hydrogens is 460 g/mol. The summed E-state index contributed by atoms with van der Waals surface area (Å²) in [5.74, 6) is 1.14. The molecule has 0 radical (unpaired) electrons. The Hall–Kier alpha value is -3.37. The molecule has 10 heteroatoms. The molecule has 3 rings (SSSR count). The molecule has 0 bridgehead atoms. The molecule has 186 valence electrons. The second-order valence-electron chi connectivity index (χ2n) is 9.84. The lowest BCUT2D eigenvalue weighted by atomic mass is 10.2. The van der Waals surface area contributed by atoms with E-state index in [-0.39, 0.29) is 11.6 Å². The first kappa shape index (κ1) is 26.2. The van der Waals surface area contributed by atoms with E-state index in [2.05, 4.69) is 54.3 Å². The topological polar surface area (TPSA) is 116 Å². The number of carbonyl (C=O) groups is 1. The molecule has 1 aromatic heterocycles. The maximum Gasteiger partial charge on any atom is 0.415 e. The number of amides is 1. The number of hydrogen-bond acceptors (Lipinski definition) is 8. The molecule has 0 saturated heterocycles. The minimum absolute atomic E-state index is 0.130. The van der Waals surface area contributed by atoms with E-state index in [0.29, 0.717) is 36.2 Å². The number of hydrogen-bond donors (Lipinski definition) is 1. The molecule has 1 amide bonds. The predicted octanol–water partition coefficient (Wildman–Crippen LogP) is 5.06. The number of anilines is 1. The van der Waals surface area contributed by atoms with E-state index >= 15 is 0 Å². The lowest BCUT2D eigenvalue weighted by Crippen LogP contribution is -2.40. The van der Waals surface area contributed by atoms with Gasteiger partial charge in [0.2, 0.25) is 5.82 Å². The quantitative estimate of drug-likeness (QED) is 0.341. The molecule has 2 aromatic carbocycles. The van der Waals surface area contributed by atoms with Gasteiger partial charge < -0.3 is 19.8 Å². The molecular formula is C25H34N6O3Si. The van der Waals surface area contributed by atoms with Crippen molar-refractivity contribution in [3.63, 3.8) is 0 Å². The fourth-order valence-electron chi connectivity index (χ4n) is 2.88. The standard InChI is InChI=1S/C25H34N6O3Si/c1-7-31(16-22-27-29-23(30-28-22)19-9-8-10-20(26)15-19)24(32)34-21-13-11-18(12-14-21)17-33-35(5,6)25(2,3)4/h8-15H,7,16-17,26H2,1-6H3. The molecule has 3 aromatic rings. The van der Waals surface area contributed by atoms with Crippen molar-refractivity contribution in [2.45, 2.75) is 59.0 Å². The van der Waals surface area contributed by atoms with E-state index in [4.69, 9.17) is 14.9 Å². The molecule has 0 aliphatic heterocycles. The highest BCUT2D eigenvalue weighted by atomic mass is 28.4. The highest BCUT2D eigenvalue weighted by Crippen LogP contribution is 2.37. The highest BCUT2D eigenvalue weighted by Gasteiger charge is 2.37. The van der Waals surface area contributed by atoms with Crippen LogP contribution in [0.5, 0.6) is 5.75 Å². The SMILES string of the molecule is CCN(Cc1nnc(-c2cccc(N)c2)nn1)C(=O)Oc1ccc(CO[Si](C)(C)C(C)(C)C)cc1. The lowest BCUT2D eigenvalue weighted by Gasteiger charge is -2.36. The number of aromatic nitrogens is 4. The monoisotopic (exact) mass is 494 g/mol. The summed E-state index contributed by atoms with van der Waals surface area (Å²) in [6.45, 7) is 14.0. The third-order valence-electron chi connectivity index (χ3n) is 6.17. The molecule has 0 unspecified atom stereocenters. The molecule has 0 fully saturated rings. The van der Waals surface area contributed by atoms with Crippen molar-refractivity contribution >= 4 is 20.1 Å². The van der Waals surface area contributed by atoms with Gasteiger partial charge >= 0.3 is 6.09 Å². The number of nitrogens with two attached hydrogens (primary N) is 1. The van der Waals surface area contributed by atoms with Gasteiger partial charge in [0.1, 0.15) is 5.75 Å². The summed E-state index contributed by atoms with van der Waals surface area (Å²) in [6, 6.07) is 14.5. The van der Waals surface area contributed by atoms with Crippen molar-refractivity contribution in [3.05, 3.63) is 59.9 Å². The molecule has 2 N–H and O–H groups in total. The van der Waals surface area contributed by atoms with Gasteiger partial charge in [0.15, 0.2) is 14.1 Å². The zero-order valence-electron chi connectivity index (χ0n) is 21.3. The van der Waals surface area contributed by atoms with Gasteiger partial charge in [-0.25, -0.2) is 4.79 Å². The molecule has 0 saturated carbocycles. The first-order valence-electron chi connectivity index (χ1n) is 11.6. The van der Waals surface area contributed by atoms with Crippen molar-refractivity contribution in [2.75, 3.05) is 12.3 Å². The number of nitrogens with zero attached hydrogens (tertiary/aromatic N) is 5. The molecule has 1 heterocycles. The summed E-state index contributed by atoms with van der Waals surface area (Å²) in [7, 11) is -1.83. The van der Waals surface area contributed by atoms with Crippen LogP contribution < -0.4 is 10.5 Å². The Morgan fingerprint density at radius 3 is 2.26 bits per heavy atom. The van der Waals surface area contributed by atoms with Gasteiger partial charge in [-0.05, 0) is 54.9 Å². The van der Waals surface area contributed by atoms with Gasteiger partial charge in [0.25, 0.3) is 0 Å². The van der Waals surface area contributed by atoms with Crippen molar-refractivity contribution in [1.29, 1.82) is 0 Å². The number of rotatable bonds is 8. The fraction of sp³-hybridized carbons (Fsp3) is 0.400. The van der Waals surface area contributed by atoms with E-state index in [1.165, 1.54) is 4.90 Å². The number of carbonyl (C=O) groups excluding carboxylic acids is 1. The second kappa shape index (κ2) is 10.9. The van der Waals surface area contributed by atoms with Crippen molar-refractivity contribution in [2.24, 2.45) is 0 Å². The first-order chi connectivity index (χ1) is 16.5. The molecule has 0 aliphatic rings. The normalized spacial score (nSPS) is 11.8. The number of ether oxygens (including phenoxy) is 1. The summed E-state index contributed by atoms with van der Waals surface area (Å²) >= 11 is 0. The lowest BCUT2D eigenvalue weighted by molar-refractivity contribution is 0.150. The summed E-state index contributed by atoms with van der Waals surface area (Å²) in [5.41, 5.74) is 8.16. The van der Waals surface area contributed by atoms with Gasteiger partial charge in [-0.1, -0.05) is 45.0 Å². The number of benzene rings is 2. The Bertz CT molecular complexity index is 1130. The van der Waals surface area contributed by atoms with Gasteiger partial charge in [-0.2, -0.15) is 0 Å². The van der Waals surface area contributed by atoms with Gasteiger partial charge in [0.05, 0.1) is 13.2 Å². The van der Waals surface area contributed by atoms with Crippen LogP contribution >= 0.6 is 0 Å². The Morgan fingerprint density at radius 2 is 1.69 bits per heavy atom. The first-order valence-corrected chi connectivity index (χ1v) is 14.5.